The molecular weight excluding hydrogens is 1110 g/mol. The Bertz CT molecular complexity index is 1530. The van der Waals surface area contributed by atoms with Gasteiger partial charge in [-0.3, -0.25) is 9.59 Å². The largest absolute Gasteiger partial charge is 0.545 e. The lowest BCUT2D eigenvalue weighted by Gasteiger charge is -2.26. The van der Waals surface area contributed by atoms with Gasteiger partial charge in [-0.2, -0.15) is 0 Å². The number of hydrogen-bond acceptors (Lipinski definition) is 8. The van der Waals surface area contributed by atoms with Crippen molar-refractivity contribution in [3.8, 4) is 0 Å². The first kappa shape index (κ1) is 87.8. The predicted octanol–water partition coefficient (Wildman–Crippen LogP) is 24.0. The highest BCUT2D eigenvalue weighted by Crippen LogP contribution is 2.20. The van der Waals surface area contributed by atoms with E-state index in [0.29, 0.717) is 17.4 Å². The summed E-state index contributed by atoms with van der Waals surface area (Å²) in [5.41, 5.74) is 0. The number of rotatable bonds is 76. The van der Waals surface area contributed by atoms with Gasteiger partial charge in [0, 0.05) is 12.8 Å². The summed E-state index contributed by atoms with van der Waals surface area (Å²) in [7, 11) is 5.95. The number of carboxylic acid groups (broad SMARTS) is 1. The molecule has 0 aliphatic heterocycles. The molecule has 0 aliphatic rings. The Kier molecular flexibility index (Phi) is 70.8. The second kappa shape index (κ2) is 72.6. The van der Waals surface area contributed by atoms with Crippen LogP contribution < -0.4 is 5.11 Å². The molecule has 9 nitrogen and oxygen atoms in total. The van der Waals surface area contributed by atoms with Crippen molar-refractivity contribution in [2.24, 2.45) is 0 Å². The third-order valence-corrected chi connectivity index (χ3v) is 18.5. The third-order valence-electron chi connectivity index (χ3n) is 18.5. The normalized spacial score (nSPS) is 12.7. The van der Waals surface area contributed by atoms with Gasteiger partial charge in [-0.1, -0.05) is 385 Å². The molecule has 0 spiro atoms. The Morgan fingerprint density at radius 1 is 0.333 bits per heavy atom. The van der Waals surface area contributed by atoms with Crippen LogP contribution in [0, 0.1) is 0 Å². The SMILES string of the molecule is CCCCCCC/C=C\C/C=C\CCCCCCCCCCCCCCCCCCCCCCCCCCCCCC(=O)OC(COC(=O)CCCCCCCCCCCCCCCCCCCCCCCCCCCC)COC(OCC[N+](C)(C)C)C(=O)[O-]. The van der Waals surface area contributed by atoms with E-state index in [9.17, 15) is 19.5 Å². The molecule has 0 N–H and O–H groups in total. The molecule has 0 aromatic carbocycles. The molecule has 0 heterocycles. The number of nitrogens with zero attached hydrogens (tertiary/aromatic N) is 1. The van der Waals surface area contributed by atoms with E-state index in [1.165, 1.54) is 347 Å². The van der Waals surface area contributed by atoms with Gasteiger partial charge in [-0.25, -0.2) is 0 Å². The molecule has 2 atom stereocenters. The minimum absolute atomic E-state index is 0.153. The predicted molar refractivity (Wildman–Crippen MR) is 385 cm³/mol. The molecule has 0 aliphatic carbocycles. The fourth-order valence-electron chi connectivity index (χ4n) is 12.3. The third kappa shape index (κ3) is 73.2. The number of aliphatic carboxylic acids is 1. The van der Waals surface area contributed by atoms with E-state index in [2.05, 4.69) is 38.2 Å². The smallest absolute Gasteiger partial charge is 0.306 e. The van der Waals surface area contributed by atoms with Gasteiger partial charge in [0.1, 0.15) is 13.2 Å². The summed E-state index contributed by atoms with van der Waals surface area (Å²) >= 11 is 0. The molecule has 90 heavy (non-hydrogen) atoms. The second-order valence-corrected chi connectivity index (χ2v) is 28.7. The van der Waals surface area contributed by atoms with Crippen LogP contribution in [0.1, 0.15) is 418 Å². The average Bonchev–Trinajstić information content (AvgIpc) is 3.65. The minimum atomic E-state index is -1.62. The van der Waals surface area contributed by atoms with Gasteiger partial charge < -0.3 is 33.3 Å². The van der Waals surface area contributed by atoms with E-state index < -0.39 is 24.3 Å². The summed E-state index contributed by atoms with van der Waals surface area (Å²) in [5.74, 6) is -2.24. The van der Waals surface area contributed by atoms with Crippen LogP contribution in [-0.2, 0) is 33.3 Å². The van der Waals surface area contributed by atoms with Crippen molar-refractivity contribution >= 4 is 17.9 Å². The molecule has 532 valence electrons. The van der Waals surface area contributed by atoms with E-state index in [1.54, 1.807) is 0 Å². The number of carbonyl (C=O) groups excluding carboxylic acids is 3. The van der Waals surface area contributed by atoms with Crippen molar-refractivity contribution in [1.82, 2.24) is 0 Å². The Morgan fingerprint density at radius 2 is 0.600 bits per heavy atom. The quantitative estimate of drug-likeness (QED) is 0.0195. The Balaban J connectivity index is 3.94. The molecule has 0 bridgehead atoms. The highest BCUT2D eigenvalue weighted by Gasteiger charge is 2.22. The Morgan fingerprint density at radius 3 is 0.878 bits per heavy atom. The molecule has 0 aromatic heterocycles. The number of quaternary nitrogens is 1. The van der Waals surface area contributed by atoms with Crippen molar-refractivity contribution < 1.29 is 42.9 Å². The lowest BCUT2D eigenvalue weighted by atomic mass is 10.0. The van der Waals surface area contributed by atoms with Gasteiger partial charge in [-0.15, -0.1) is 0 Å². The number of likely N-dealkylation sites (N-methyl/N-ethyl adjacent to an activating group) is 1. The summed E-state index contributed by atoms with van der Waals surface area (Å²) in [6.07, 6.45) is 88.8. The van der Waals surface area contributed by atoms with Crippen LogP contribution in [0.2, 0.25) is 0 Å². The van der Waals surface area contributed by atoms with Crippen LogP contribution >= 0.6 is 0 Å². The van der Waals surface area contributed by atoms with Crippen LogP contribution in [0.5, 0.6) is 0 Å². The van der Waals surface area contributed by atoms with Gasteiger partial charge in [0.2, 0.25) is 0 Å². The van der Waals surface area contributed by atoms with Crippen molar-refractivity contribution in [2.45, 2.75) is 431 Å². The van der Waals surface area contributed by atoms with Gasteiger partial charge in [0.05, 0.1) is 40.3 Å². The summed E-state index contributed by atoms with van der Waals surface area (Å²) in [5, 5.41) is 11.8. The molecular formula is C81H155NO8. The number of carboxylic acids is 1. The highest BCUT2D eigenvalue weighted by molar-refractivity contribution is 5.70. The summed E-state index contributed by atoms with van der Waals surface area (Å²) in [6.45, 7) is 4.83. The highest BCUT2D eigenvalue weighted by atomic mass is 16.7. The second-order valence-electron chi connectivity index (χ2n) is 28.7. The number of allylic oxidation sites excluding steroid dienone is 4. The number of ether oxygens (including phenoxy) is 4. The van der Waals surface area contributed by atoms with Gasteiger partial charge in [0.25, 0.3) is 0 Å². The Labute approximate surface area is 560 Å². The van der Waals surface area contributed by atoms with Gasteiger partial charge in [-0.05, 0) is 44.9 Å². The molecule has 9 heteroatoms. The molecule has 0 amide bonds. The standard InChI is InChI=1S/C81H155NO8/c1-6-8-10-12-14-16-18-20-22-24-26-28-30-32-34-35-36-37-38-39-40-41-42-43-44-45-46-48-50-52-54-56-58-60-62-64-66-68-70-72-79(84)90-77(76-89-81(80(85)86)87-74-73-82(3,4)5)75-88-78(83)71-69-67-65-63-61-59-57-55-53-51-49-47-33-31-29-27-25-23-21-19-17-15-13-11-9-7-2/h18,20,24,26,77,81H,6-17,19,21-23,25,27-76H2,1-5H3/b20-18-,26-24-. The first-order valence-corrected chi connectivity index (χ1v) is 40.0. The lowest BCUT2D eigenvalue weighted by molar-refractivity contribution is -0.870. The van der Waals surface area contributed by atoms with Crippen LogP contribution in [0.15, 0.2) is 24.3 Å². The number of hydrogen-bond donors (Lipinski definition) is 0. The van der Waals surface area contributed by atoms with Gasteiger partial charge >= 0.3 is 11.9 Å². The fraction of sp³-hybridized carbons (Fsp3) is 0.914. The zero-order valence-corrected chi connectivity index (χ0v) is 61.1. The molecule has 0 rings (SSSR count). The fourth-order valence-corrected chi connectivity index (χ4v) is 12.3. The maximum atomic E-state index is 13.0. The molecule has 0 aromatic rings. The van der Waals surface area contributed by atoms with E-state index in [0.717, 1.165) is 44.9 Å². The monoisotopic (exact) mass is 1270 g/mol. The van der Waals surface area contributed by atoms with Crippen molar-refractivity contribution in [2.75, 3.05) is 47.5 Å². The van der Waals surface area contributed by atoms with Crippen molar-refractivity contribution in [3.63, 3.8) is 0 Å². The zero-order chi connectivity index (χ0) is 65.4. The van der Waals surface area contributed by atoms with Crippen LogP contribution in [0.4, 0.5) is 0 Å². The minimum Gasteiger partial charge on any atom is -0.545 e. The Hall–Kier alpha value is -2.23. The van der Waals surface area contributed by atoms with E-state index in [1.807, 2.05) is 21.1 Å². The first-order valence-electron chi connectivity index (χ1n) is 40.0. The van der Waals surface area contributed by atoms with E-state index in [4.69, 9.17) is 18.9 Å². The van der Waals surface area contributed by atoms with Gasteiger partial charge in [0.15, 0.2) is 12.4 Å². The van der Waals surface area contributed by atoms with Crippen molar-refractivity contribution in [1.29, 1.82) is 0 Å². The molecule has 0 radical (unpaired) electrons. The summed E-state index contributed by atoms with van der Waals surface area (Å²) < 4.78 is 22.9. The first-order chi connectivity index (χ1) is 44.1. The van der Waals surface area contributed by atoms with Crippen LogP contribution in [0.25, 0.3) is 0 Å². The van der Waals surface area contributed by atoms with Crippen LogP contribution in [0.3, 0.4) is 0 Å². The molecule has 0 fully saturated rings. The number of esters is 2. The number of carbonyl (C=O) groups is 3. The maximum absolute atomic E-state index is 13.0. The molecule has 0 saturated carbocycles. The van der Waals surface area contributed by atoms with E-state index >= 15 is 0 Å². The van der Waals surface area contributed by atoms with E-state index in [-0.39, 0.29) is 32.2 Å². The topological polar surface area (TPSA) is 111 Å². The maximum Gasteiger partial charge on any atom is 0.306 e. The summed E-state index contributed by atoms with van der Waals surface area (Å²) in [6, 6.07) is 0. The molecule has 2 unspecified atom stereocenters. The van der Waals surface area contributed by atoms with Crippen molar-refractivity contribution in [3.05, 3.63) is 24.3 Å². The molecule has 0 saturated heterocycles. The summed E-state index contributed by atoms with van der Waals surface area (Å²) in [4.78, 5) is 37.6. The lowest BCUT2D eigenvalue weighted by Crippen LogP contribution is -2.44. The van der Waals surface area contributed by atoms with Crippen LogP contribution in [-0.4, -0.2) is 82.3 Å². The average molecular weight is 1270 g/mol. The zero-order valence-electron chi connectivity index (χ0n) is 61.1. The number of unbranched alkanes of at least 4 members (excludes halogenated alkanes) is 57.